The molecule has 1 heterocycles. The normalized spacial score (nSPS) is 30.2. The van der Waals surface area contributed by atoms with E-state index in [1.165, 1.54) is 23.8 Å². The minimum Gasteiger partial charge on any atom is -0.294 e. The zero-order chi connectivity index (χ0) is 22.1. The molecular formula is C31H27NO. The largest absolute Gasteiger partial charge is 0.294 e. The maximum atomic E-state index is 14.5. The van der Waals surface area contributed by atoms with Crippen LogP contribution in [0.3, 0.4) is 0 Å². The lowest BCUT2D eigenvalue weighted by atomic mass is 9.50. The summed E-state index contributed by atoms with van der Waals surface area (Å²) in [5.74, 6) is 0.875. The fourth-order valence-corrected chi connectivity index (χ4v) is 7.60. The molecule has 4 aromatic rings. The Kier molecular flexibility index (Phi) is 3.87. The summed E-state index contributed by atoms with van der Waals surface area (Å²) in [7, 11) is 0. The summed E-state index contributed by atoms with van der Waals surface area (Å²) >= 11 is 0. The molecule has 162 valence electrons. The number of ketones is 1. The van der Waals surface area contributed by atoms with E-state index in [1.54, 1.807) is 0 Å². The molecule has 4 aliphatic rings. The van der Waals surface area contributed by atoms with Gasteiger partial charge < -0.3 is 0 Å². The van der Waals surface area contributed by atoms with Crippen molar-refractivity contribution in [3.05, 3.63) is 114 Å². The fraction of sp³-hybridized carbons (Fsp3) is 0.290. The Bertz CT molecular complexity index is 1370. The molecule has 4 fully saturated rings. The predicted octanol–water partition coefficient (Wildman–Crippen LogP) is 6.89. The molecule has 0 saturated heterocycles. The first-order chi connectivity index (χ1) is 16.2. The second kappa shape index (κ2) is 6.63. The van der Waals surface area contributed by atoms with Crippen molar-refractivity contribution >= 4 is 16.6 Å². The molecular weight excluding hydrogens is 402 g/mol. The van der Waals surface area contributed by atoms with Crippen molar-refractivity contribution in [2.24, 2.45) is 11.3 Å². The van der Waals surface area contributed by atoms with Gasteiger partial charge in [0.1, 0.15) is 0 Å². The SMILES string of the molecule is O=C(c1ccc2ccccc2c1)C12CC(c3ccccc3)(C1)C[C@]2(c1ccccn1)C1CC1. The van der Waals surface area contributed by atoms with E-state index in [9.17, 15) is 4.79 Å². The number of rotatable bonds is 5. The molecule has 0 N–H and O–H groups in total. The van der Waals surface area contributed by atoms with Crippen LogP contribution in [0.25, 0.3) is 10.8 Å². The molecule has 2 heteroatoms. The molecule has 0 radical (unpaired) electrons. The standard InChI is InChI=1S/C31H27NO/c33-28(24-14-13-22-8-4-5-9-23(22)18-24)30-19-29(20-30,25-10-2-1-3-11-25)21-31(30,26-15-16-26)27-12-6-7-17-32-27/h1-14,17-18,26H,15-16,19-21H2/t29?,30?,31-/m1/s1. The number of carbonyl (C=O) groups excluding carboxylic acids is 1. The lowest BCUT2D eigenvalue weighted by Gasteiger charge is -2.51. The molecule has 8 rings (SSSR count). The van der Waals surface area contributed by atoms with E-state index in [4.69, 9.17) is 4.98 Å². The van der Waals surface area contributed by atoms with Gasteiger partial charge in [-0.25, -0.2) is 0 Å². The first kappa shape index (κ1) is 19.2. The highest BCUT2D eigenvalue weighted by molar-refractivity contribution is 6.06. The molecule has 4 saturated carbocycles. The van der Waals surface area contributed by atoms with Gasteiger partial charge in [0.25, 0.3) is 0 Å². The van der Waals surface area contributed by atoms with Crippen molar-refractivity contribution in [3.8, 4) is 0 Å². The highest BCUT2D eigenvalue weighted by atomic mass is 16.1. The van der Waals surface area contributed by atoms with Crippen molar-refractivity contribution < 1.29 is 4.79 Å². The Morgan fingerprint density at radius 2 is 1.48 bits per heavy atom. The second-order valence-corrected chi connectivity index (χ2v) is 10.6. The zero-order valence-corrected chi connectivity index (χ0v) is 18.7. The number of Topliss-reactive ketones (excluding diaryl/α,β-unsaturated/α-hetero) is 1. The molecule has 1 atom stereocenters. The van der Waals surface area contributed by atoms with Gasteiger partial charge in [0.15, 0.2) is 5.78 Å². The van der Waals surface area contributed by atoms with Crippen molar-refractivity contribution in [1.82, 2.24) is 4.98 Å². The van der Waals surface area contributed by atoms with Gasteiger partial charge in [-0.3, -0.25) is 9.78 Å². The molecule has 4 aliphatic carbocycles. The molecule has 0 spiro atoms. The molecule has 33 heavy (non-hydrogen) atoms. The molecule has 0 amide bonds. The maximum Gasteiger partial charge on any atom is 0.170 e. The van der Waals surface area contributed by atoms with Crippen LogP contribution in [0, 0.1) is 11.3 Å². The van der Waals surface area contributed by atoms with Crippen LogP contribution in [0.15, 0.2) is 97.2 Å². The monoisotopic (exact) mass is 429 g/mol. The summed E-state index contributed by atoms with van der Waals surface area (Å²) in [5.41, 5.74) is 2.92. The second-order valence-electron chi connectivity index (χ2n) is 10.6. The molecule has 1 aromatic heterocycles. The fourth-order valence-electron chi connectivity index (χ4n) is 7.60. The Morgan fingerprint density at radius 1 is 0.758 bits per heavy atom. The number of hydrogen-bond acceptors (Lipinski definition) is 2. The van der Waals surface area contributed by atoms with Crippen molar-refractivity contribution in [2.45, 2.75) is 42.9 Å². The highest BCUT2D eigenvalue weighted by Crippen LogP contribution is 2.80. The summed E-state index contributed by atoms with van der Waals surface area (Å²) in [5, 5.41) is 2.32. The van der Waals surface area contributed by atoms with E-state index >= 15 is 0 Å². The van der Waals surface area contributed by atoms with E-state index in [2.05, 4.69) is 84.9 Å². The van der Waals surface area contributed by atoms with Gasteiger partial charge in [0.2, 0.25) is 0 Å². The summed E-state index contributed by atoms with van der Waals surface area (Å²) < 4.78 is 0. The van der Waals surface area contributed by atoms with Gasteiger partial charge in [0.05, 0.1) is 0 Å². The Balaban J connectivity index is 1.41. The number of hydrogen-bond donors (Lipinski definition) is 0. The van der Waals surface area contributed by atoms with Gasteiger partial charge in [-0.15, -0.1) is 0 Å². The van der Waals surface area contributed by atoms with E-state index in [0.717, 1.165) is 35.9 Å². The van der Waals surface area contributed by atoms with Crippen LogP contribution in [-0.4, -0.2) is 10.8 Å². The van der Waals surface area contributed by atoms with Crippen LogP contribution >= 0.6 is 0 Å². The van der Waals surface area contributed by atoms with Gasteiger partial charge >= 0.3 is 0 Å². The molecule has 0 unspecified atom stereocenters. The van der Waals surface area contributed by atoms with Crippen molar-refractivity contribution in [1.29, 1.82) is 0 Å². The van der Waals surface area contributed by atoms with Gasteiger partial charge in [0, 0.05) is 28.3 Å². The predicted molar refractivity (Wildman–Crippen MR) is 131 cm³/mol. The molecule has 3 aromatic carbocycles. The number of pyridine rings is 1. The third-order valence-corrected chi connectivity index (χ3v) is 8.98. The molecule has 2 nitrogen and oxygen atoms in total. The summed E-state index contributed by atoms with van der Waals surface area (Å²) in [4.78, 5) is 19.4. The van der Waals surface area contributed by atoms with E-state index in [0.29, 0.717) is 11.7 Å². The summed E-state index contributed by atoms with van der Waals surface area (Å²) in [6.45, 7) is 0. The first-order valence-electron chi connectivity index (χ1n) is 12.2. The first-order valence-corrected chi connectivity index (χ1v) is 12.2. The Labute approximate surface area is 194 Å². The van der Waals surface area contributed by atoms with E-state index < -0.39 is 0 Å². The quantitative estimate of drug-likeness (QED) is 0.323. The maximum absolute atomic E-state index is 14.5. The van der Waals surface area contributed by atoms with Gasteiger partial charge in [-0.2, -0.15) is 0 Å². The number of aromatic nitrogens is 1. The van der Waals surface area contributed by atoms with Crippen LogP contribution in [-0.2, 0) is 10.8 Å². The van der Waals surface area contributed by atoms with E-state index in [-0.39, 0.29) is 16.2 Å². The van der Waals surface area contributed by atoms with Gasteiger partial charge in [-0.1, -0.05) is 72.8 Å². The minimum atomic E-state index is -0.374. The number of carbonyl (C=O) groups is 1. The smallest absolute Gasteiger partial charge is 0.170 e. The summed E-state index contributed by atoms with van der Waals surface area (Å²) in [6.07, 6.45) is 7.22. The Hall–Kier alpha value is -3.26. The average molecular weight is 430 g/mol. The van der Waals surface area contributed by atoms with Crippen LogP contribution in [0.2, 0.25) is 0 Å². The number of fused-ring (bicyclic) bond motifs is 2. The third-order valence-electron chi connectivity index (χ3n) is 8.98. The third kappa shape index (κ3) is 2.50. The van der Waals surface area contributed by atoms with Crippen LogP contribution in [0.4, 0.5) is 0 Å². The molecule has 0 aliphatic heterocycles. The van der Waals surface area contributed by atoms with Crippen LogP contribution < -0.4 is 0 Å². The Morgan fingerprint density at radius 3 is 2.21 bits per heavy atom. The topological polar surface area (TPSA) is 30.0 Å². The number of benzene rings is 3. The van der Waals surface area contributed by atoms with Crippen LogP contribution in [0.1, 0.15) is 53.7 Å². The van der Waals surface area contributed by atoms with Crippen LogP contribution in [0.5, 0.6) is 0 Å². The zero-order valence-electron chi connectivity index (χ0n) is 18.7. The van der Waals surface area contributed by atoms with Crippen molar-refractivity contribution in [2.75, 3.05) is 0 Å². The highest BCUT2D eigenvalue weighted by Gasteiger charge is 2.79. The lowest BCUT2D eigenvalue weighted by molar-refractivity contribution is 0.0360. The minimum absolute atomic E-state index is 0.0773. The molecule has 2 bridgehead atoms. The van der Waals surface area contributed by atoms with Gasteiger partial charge in [-0.05, 0) is 78.0 Å². The lowest BCUT2D eigenvalue weighted by Crippen LogP contribution is -2.53. The van der Waals surface area contributed by atoms with Crippen molar-refractivity contribution in [3.63, 3.8) is 0 Å². The summed E-state index contributed by atoms with van der Waals surface area (Å²) in [6, 6.07) is 31.8. The average Bonchev–Trinajstić information content (AvgIpc) is 3.61. The van der Waals surface area contributed by atoms with E-state index in [1.807, 2.05) is 12.3 Å². The number of nitrogens with zero attached hydrogens (tertiary/aromatic N) is 1.